The summed E-state index contributed by atoms with van der Waals surface area (Å²) in [5.74, 6) is 0.0472. The van der Waals surface area contributed by atoms with E-state index >= 15 is 0 Å². The van der Waals surface area contributed by atoms with Gasteiger partial charge in [0, 0.05) is 6.42 Å². The van der Waals surface area contributed by atoms with Gasteiger partial charge in [0.15, 0.2) is 0 Å². The van der Waals surface area contributed by atoms with Crippen LogP contribution in [-0.4, -0.2) is 17.7 Å². The quantitative estimate of drug-likeness (QED) is 0.219. The zero-order valence-electron chi connectivity index (χ0n) is 18.8. The Labute approximate surface area is 186 Å². The summed E-state index contributed by atoms with van der Waals surface area (Å²) in [6, 6.07) is 15.9. The second-order valence-corrected chi connectivity index (χ2v) is 7.93. The predicted octanol–water partition coefficient (Wildman–Crippen LogP) is 8.03. The molecule has 2 aromatic rings. The third-order valence-electron chi connectivity index (χ3n) is 5.18. The highest BCUT2D eigenvalue weighted by Crippen LogP contribution is 2.22. The zero-order chi connectivity index (χ0) is 22.2. The third kappa shape index (κ3) is 11.3. The Balaban J connectivity index is 1.67. The first kappa shape index (κ1) is 24.6. The first-order chi connectivity index (χ1) is 15.2. The van der Waals surface area contributed by atoms with E-state index < -0.39 is 5.97 Å². The van der Waals surface area contributed by atoms with Crippen LogP contribution < -0.4 is 4.74 Å². The van der Waals surface area contributed by atoms with Crippen LogP contribution in [0.4, 0.5) is 11.4 Å². The maximum atomic E-state index is 10.5. The van der Waals surface area contributed by atoms with E-state index in [1.807, 2.05) is 36.4 Å². The molecule has 0 aliphatic heterocycles. The Morgan fingerprint density at radius 2 is 1.35 bits per heavy atom. The summed E-state index contributed by atoms with van der Waals surface area (Å²) < 4.78 is 5.68. The van der Waals surface area contributed by atoms with Crippen molar-refractivity contribution >= 4 is 17.3 Å². The number of aryl methyl sites for hydroxylation is 1. The van der Waals surface area contributed by atoms with Crippen LogP contribution in [0.3, 0.4) is 0 Å². The Morgan fingerprint density at radius 1 is 0.774 bits per heavy atom. The Kier molecular flexibility index (Phi) is 12.0. The number of hydrogen-bond acceptors (Lipinski definition) is 4. The number of carboxylic acid groups (broad SMARTS) is 1. The average Bonchev–Trinajstić information content (AvgIpc) is 2.78. The van der Waals surface area contributed by atoms with E-state index in [1.165, 1.54) is 44.1 Å². The first-order valence-electron chi connectivity index (χ1n) is 11.6. The van der Waals surface area contributed by atoms with Crippen molar-refractivity contribution in [2.45, 2.75) is 77.6 Å². The van der Waals surface area contributed by atoms with Crippen molar-refractivity contribution in [3.8, 4) is 5.75 Å². The van der Waals surface area contributed by atoms with Gasteiger partial charge in [-0.3, -0.25) is 4.79 Å². The van der Waals surface area contributed by atoms with Gasteiger partial charge in [0.25, 0.3) is 0 Å². The third-order valence-corrected chi connectivity index (χ3v) is 5.18. The Morgan fingerprint density at radius 3 is 2.00 bits per heavy atom. The van der Waals surface area contributed by atoms with E-state index in [1.54, 1.807) is 0 Å². The number of ether oxygens (including phenoxy) is 1. The average molecular weight is 425 g/mol. The van der Waals surface area contributed by atoms with Gasteiger partial charge in [-0.2, -0.15) is 10.2 Å². The SMILES string of the molecule is CCCCCCCCc1ccc(/N=N/c2ccc(OCCCCCC(=O)O)cc2)cc1. The molecule has 0 saturated heterocycles. The molecule has 0 aromatic heterocycles. The van der Waals surface area contributed by atoms with Crippen molar-refractivity contribution < 1.29 is 14.6 Å². The molecule has 0 fully saturated rings. The molecule has 0 heterocycles. The Bertz CT molecular complexity index is 770. The number of aliphatic carboxylic acids is 1. The standard InChI is InChI=1S/C26H36N2O3/c1-2-3-4-5-6-8-11-22-13-15-23(16-14-22)27-28-24-17-19-25(20-18-24)31-21-10-7-9-12-26(29)30/h13-20H,2-12,21H2,1H3,(H,29,30)/b28-27+. The van der Waals surface area contributed by atoms with Crippen molar-refractivity contribution in [1.29, 1.82) is 0 Å². The van der Waals surface area contributed by atoms with Crippen LogP contribution in [-0.2, 0) is 11.2 Å². The highest BCUT2D eigenvalue weighted by molar-refractivity contribution is 5.66. The molecule has 2 rings (SSSR count). The number of azo groups is 1. The van der Waals surface area contributed by atoms with Gasteiger partial charge in [0.1, 0.15) is 5.75 Å². The molecule has 0 unspecified atom stereocenters. The lowest BCUT2D eigenvalue weighted by atomic mass is 10.0. The van der Waals surface area contributed by atoms with Crippen LogP contribution in [0.2, 0.25) is 0 Å². The van der Waals surface area contributed by atoms with Gasteiger partial charge in [-0.1, -0.05) is 51.2 Å². The highest BCUT2D eigenvalue weighted by Gasteiger charge is 1.99. The minimum absolute atomic E-state index is 0.224. The number of carboxylic acids is 1. The number of unbranched alkanes of at least 4 members (excludes halogenated alkanes) is 7. The molecule has 31 heavy (non-hydrogen) atoms. The van der Waals surface area contributed by atoms with Gasteiger partial charge >= 0.3 is 5.97 Å². The van der Waals surface area contributed by atoms with Gasteiger partial charge in [0.2, 0.25) is 0 Å². The summed E-state index contributed by atoms with van der Waals surface area (Å²) in [6.07, 6.45) is 11.7. The van der Waals surface area contributed by atoms with Crippen LogP contribution >= 0.6 is 0 Å². The van der Waals surface area contributed by atoms with Crippen LogP contribution in [0.5, 0.6) is 5.75 Å². The zero-order valence-corrected chi connectivity index (χ0v) is 18.8. The van der Waals surface area contributed by atoms with E-state index in [2.05, 4.69) is 29.3 Å². The molecule has 2 aromatic carbocycles. The maximum Gasteiger partial charge on any atom is 0.303 e. The van der Waals surface area contributed by atoms with Gasteiger partial charge in [-0.25, -0.2) is 0 Å². The topological polar surface area (TPSA) is 71.2 Å². The molecule has 0 aliphatic carbocycles. The number of benzene rings is 2. The molecule has 0 atom stereocenters. The minimum Gasteiger partial charge on any atom is -0.494 e. The van der Waals surface area contributed by atoms with Crippen LogP contribution in [0.15, 0.2) is 58.8 Å². The number of carbonyl (C=O) groups is 1. The molecule has 1 N–H and O–H groups in total. The molecule has 0 bridgehead atoms. The first-order valence-corrected chi connectivity index (χ1v) is 11.6. The number of hydrogen-bond donors (Lipinski definition) is 1. The minimum atomic E-state index is -0.741. The molecule has 0 radical (unpaired) electrons. The summed E-state index contributed by atoms with van der Waals surface area (Å²) in [7, 11) is 0. The van der Waals surface area contributed by atoms with E-state index in [4.69, 9.17) is 9.84 Å². The predicted molar refractivity (Wildman–Crippen MR) is 126 cm³/mol. The van der Waals surface area contributed by atoms with E-state index in [0.717, 1.165) is 36.4 Å². The van der Waals surface area contributed by atoms with Crippen molar-refractivity contribution in [2.24, 2.45) is 10.2 Å². The molecule has 168 valence electrons. The van der Waals surface area contributed by atoms with Crippen molar-refractivity contribution in [3.05, 3.63) is 54.1 Å². The second kappa shape index (κ2) is 15.2. The summed E-state index contributed by atoms with van der Waals surface area (Å²) in [6.45, 7) is 2.84. The fraction of sp³-hybridized carbons (Fsp3) is 0.500. The Hall–Kier alpha value is -2.69. The summed E-state index contributed by atoms with van der Waals surface area (Å²) in [5.41, 5.74) is 3.00. The molecule has 5 nitrogen and oxygen atoms in total. The van der Waals surface area contributed by atoms with Gasteiger partial charge in [0.05, 0.1) is 18.0 Å². The monoisotopic (exact) mass is 424 g/mol. The van der Waals surface area contributed by atoms with E-state index in [0.29, 0.717) is 13.0 Å². The van der Waals surface area contributed by atoms with Crippen LogP contribution in [0, 0.1) is 0 Å². The normalized spacial score (nSPS) is 11.1. The highest BCUT2D eigenvalue weighted by atomic mass is 16.5. The van der Waals surface area contributed by atoms with Crippen molar-refractivity contribution in [1.82, 2.24) is 0 Å². The maximum absolute atomic E-state index is 10.5. The van der Waals surface area contributed by atoms with Crippen LogP contribution in [0.1, 0.15) is 76.7 Å². The lowest BCUT2D eigenvalue weighted by molar-refractivity contribution is -0.137. The lowest BCUT2D eigenvalue weighted by Gasteiger charge is -2.05. The summed E-state index contributed by atoms with van der Waals surface area (Å²) >= 11 is 0. The van der Waals surface area contributed by atoms with Gasteiger partial charge < -0.3 is 9.84 Å². The fourth-order valence-electron chi connectivity index (χ4n) is 3.31. The summed E-state index contributed by atoms with van der Waals surface area (Å²) in [4.78, 5) is 10.5. The van der Waals surface area contributed by atoms with Crippen molar-refractivity contribution in [2.75, 3.05) is 6.61 Å². The second-order valence-electron chi connectivity index (χ2n) is 7.93. The molecule has 0 amide bonds. The van der Waals surface area contributed by atoms with Crippen molar-refractivity contribution in [3.63, 3.8) is 0 Å². The lowest BCUT2D eigenvalue weighted by Crippen LogP contribution is -1.98. The smallest absolute Gasteiger partial charge is 0.303 e. The fourth-order valence-corrected chi connectivity index (χ4v) is 3.31. The summed E-state index contributed by atoms with van der Waals surface area (Å²) in [5, 5.41) is 17.2. The number of rotatable bonds is 16. The molecule has 5 heteroatoms. The molecule has 0 aliphatic rings. The van der Waals surface area contributed by atoms with Gasteiger partial charge in [-0.05, 0) is 74.1 Å². The van der Waals surface area contributed by atoms with E-state index in [-0.39, 0.29) is 6.42 Å². The molecule has 0 saturated carbocycles. The number of nitrogens with zero attached hydrogens (tertiary/aromatic N) is 2. The molecular formula is C26H36N2O3. The van der Waals surface area contributed by atoms with Gasteiger partial charge in [-0.15, -0.1) is 0 Å². The van der Waals surface area contributed by atoms with Crippen LogP contribution in [0.25, 0.3) is 0 Å². The van der Waals surface area contributed by atoms with E-state index in [9.17, 15) is 4.79 Å². The molecule has 0 spiro atoms. The largest absolute Gasteiger partial charge is 0.494 e. The molecular weight excluding hydrogens is 388 g/mol.